The second-order valence-electron chi connectivity index (χ2n) is 13.4. The average Bonchev–Trinajstić information content (AvgIpc) is 3.34. The monoisotopic (exact) mass is 562 g/mol. The predicted molar refractivity (Wildman–Crippen MR) is 170 cm³/mol. The number of hydrogen-bond donors (Lipinski definition) is 3. The molecule has 0 atom stereocenters. The standard InChI is InChI=1S/C33H50N6O2/c1-32(2,3)25-20-23(21-26(33(4,5)6)30(25)41-19-8-10-29(40)35-14-9-13-34)31-36-27-12-11-24(22-28(27)37-31)39-17-15-38(7)16-18-39/h11-12,20-22H,8-10,13-19,34H2,1-7H3,(H,35,40)(H,36,37). The Hall–Kier alpha value is -3.10. The number of aromatic amines is 1. The van der Waals surface area contributed by atoms with Crippen molar-refractivity contribution in [2.75, 3.05) is 57.8 Å². The Bertz CT molecular complexity index is 1290. The van der Waals surface area contributed by atoms with E-state index >= 15 is 0 Å². The number of anilines is 1. The minimum atomic E-state index is -0.147. The Morgan fingerprint density at radius 3 is 2.27 bits per heavy atom. The number of H-pyrrole nitrogens is 1. The highest BCUT2D eigenvalue weighted by Crippen LogP contribution is 2.43. The van der Waals surface area contributed by atoms with Crippen molar-refractivity contribution in [1.29, 1.82) is 0 Å². The molecule has 1 fully saturated rings. The smallest absolute Gasteiger partial charge is 0.220 e. The van der Waals surface area contributed by atoms with Gasteiger partial charge in [-0.05, 0) is 67.6 Å². The second kappa shape index (κ2) is 12.8. The molecule has 0 spiro atoms. The van der Waals surface area contributed by atoms with E-state index in [0.717, 1.165) is 71.9 Å². The zero-order valence-electron chi connectivity index (χ0n) is 26.2. The average molecular weight is 563 g/mol. The molecule has 0 aliphatic carbocycles. The van der Waals surface area contributed by atoms with Crippen LogP contribution in [-0.4, -0.2) is 73.7 Å². The van der Waals surface area contributed by atoms with Gasteiger partial charge in [0.2, 0.25) is 5.91 Å². The molecule has 4 N–H and O–H groups in total. The molecule has 0 saturated carbocycles. The van der Waals surface area contributed by atoms with Crippen molar-refractivity contribution >= 4 is 22.6 Å². The molecule has 4 rings (SSSR count). The molecule has 8 nitrogen and oxygen atoms in total. The fourth-order valence-corrected chi connectivity index (χ4v) is 5.26. The number of imidazole rings is 1. The maximum absolute atomic E-state index is 12.2. The van der Waals surface area contributed by atoms with Crippen molar-refractivity contribution in [2.45, 2.75) is 71.6 Å². The number of rotatable bonds is 10. The summed E-state index contributed by atoms with van der Waals surface area (Å²) < 4.78 is 6.50. The summed E-state index contributed by atoms with van der Waals surface area (Å²) in [5, 5.41) is 2.92. The summed E-state index contributed by atoms with van der Waals surface area (Å²) >= 11 is 0. The van der Waals surface area contributed by atoms with Gasteiger partial charge in [-0.25, -0.2) is 4.98 Å². The highest BCUT2D eigenvalue weighted by molar-refractivity contribution is 5.83. The Kier molecular flexibility index (Phi) is 9.65. The van der Waals surface area contributed by atoms with Gasteiger partial charge >= 0.3 is 0 Å². The molecule has 0 unspecified atom stereocenters. The molecule has 1 aromatic heterocycles. The summed E-state index contributed by atoms with van der Waals surface area (Å²) in [7, 11) is 2.18. The van der Waals surface area contributed by atoms with Crippen molar-refractivity contribution in [3.63, 3.8) is 0 Å². The van der Waals surface area contributed by atoms with E-state index in [4.69, 9.17) is 15.5 Å². The maximum atomic E-state index is 12.2. The summed E-state index contributed by atoms with van der Waals surface area (Å²) in [6.45, 7) is 19.2. The van der Waals surface area contributed by atoms with Gasteiger partial charge in [-0.3, -0.25) is 4.79 Å². The van der Waals surface area contributed by atoms with E-state index < -0.39 is 0 Å². The van der Waals surface area contributed by atoms with Crippen LogP contribution in [0.25, 0.3) is 22.4 Å². The molecule has 8 heteroatoms. The molecule has 3 aromatic rings. The third kappa shape index (κ3) is 7.80. The van der Waals surface area contributed by atoms with E-state index in [2.05, 4.69) is 99.0 Å². The lowest BCUT2D eigenvalue weighted by Crippen LogP contribution is -2.44. The van der Waals surface area contributed by atoms with Crippen LogP contribution in [0.3, 0.4) is 0 Å². The molecule has 1 amide bonds. The summed E-state index contributed by atoms with van der Waals surface area (Å²) in [4.78, 5) is 25.6. The van der Waals surface area contributed by atoms with Crippen LogP contribution in [0.15, 0.2) is 30.3 Å². The van der Waals surface area contributed by atoms with Gasteiger partial charge in [-0.1, -0.05) is 41.5 Å². The van der Waals surface area contributed by atoms with E-state index in [9.17, 15) is 4.79 Å². The highest BCUT2D eigenvalue weighted by Gasteiger charge is 2.29. The lowest BCUT2D eigenvalue weighted by molar-refractivity contribution is -0.121. The van der Waals surface area contributed by atoms with Gasteiger partial charge < -0.3 is 30.6 Å². The Balaban J connectivity index is 1.62. The Morgan fingerprint density at radius 2 is 1.66 bits per heavy atom. The van der Waals surface area contributed by atoms with Crippen LogP contribution in [-0.2, 0) is 15.6 Å². The molecule has 1 saturated heterocycles. The number of benzene rings is 2. The van der Waals surface area contributed by atoms with Gasteiger partial charge in [0, 0.05) is 61.5 Å². The Labute approximate surface area is 246 Å². The molecule has 0 radical (unpaired) electrons. The van der Waals surface area contributed by atoms with E-state index in [1.54, 1.807) is 0 Å². The van der Waals surface area contributed by atoms with Gasteiger partial charge in [0.05, 0.1) is 17.6 Å². The van der Waals surface area contributed by atoms with E-state index in [-0.39, 0.29) is 16.7 Å². The molecular weight excluding hydrogens is 512 g/mol. The van der Waals surface area contributed by atoms with Crippen LogP contribution in [0.4, 0.5) is 5.69 Å². The topological polar surface area (TPSA) is 99.5 Å². The highest BCUT2D eigenvalue weighted by atomic mass is 16.5. The Morgan fingerprint density at radius 1 is 1.00 bits per heavy atom. The fourth-order valence-electron chi connectivity index (χ4n) is 5.26. The van der Waals surface area contributed by atoms with Gasteiger partial charge in [-0.15, -0.1) is 0 Å². The molecule has 1 aliphatic heterocycles. The zero-order chi connectivity index (χ0) is 29.8. The van der Waals surface area contributed by atoms with Crippen LogP contribution in [0.1, 0.15) is 71.9 Å². The van der Waals surface area contributed by atoms with Crippen LogP contribution in [0, 0.1) is 0 Å². The number of nitrogens with one attached hydrogen (secondary N) is 2. The number of nitrogens with zero attached hydrogens (tertiary/aromatic N) is 3. The van der Waals surface area contributed by atoms with Gasteiger partial charge in [0.1, 0.15) is 11.6 Å². The first-order valence-corrected chi connectivity index (χ1v) is 15.1. The minimum Gasteiger partial charge on any atom is -0.493 e. The second-order valence-corrected chi connectivity index (χ2v) is 13.4. The molecule has 2 aromatic carbocycles. The zero-order valence-corrected chi connectivity index (χ0v) is 26.2. The summed E-state index contributed by atoms with van der Waals surface area (Å²) in [5.74, 6) is 1.84. The molecule has 0 bridgehead atoms. The summed E-state index contributed by atoms with van der Waals surface area (Å²) in [5.41, 5.74) is 11.8. The normalized spacial score (nSPS) is 15.0. The lowest BCUT2D eigenvalue weighted by atomic mass is 9.78. The van der Waals surface area contributed by atoms with Crippen LogP contribution in [0.2, 0.25) is 0 Å². The SMILES string of the molecule is CN1CCN(c2ccc3nc(-c4cc(C(C)(C)C)c(OCCCC(=O)NCCCN)c(C(C)(C)C)c4)[nH]c3c2)CC1. The van der Waals surface area contributed by atoms with Crippen molar-refractivity contribution in [1.82, 2.24) is 20.2 Å². The third-order valence-electron chi connectivity index (χ3n) is 7.81. The van der Waals surface area contributed by atoms with E-state index in [1.807, 2.05) is 0 Å². The van der Waals surface area contributed by atoms with E-state index in [1.165, 1.54) is 5.69 Å². The third-order valence-corrected chi connectivity index (χ3v) is 7.81. The number of likely N-dealkylation sites (N-methyl/N-ethyl adjacent to an activating group) is 1. The largest absolute Gasteiger partial charge is 0.493 e. The minimum absolute atomic E-state index is 0.0464. The number of carbonyl (C=O) groups excluding carboxylic acids is 1. The van der Waals surface area contributed by atoms with Crippen molar-refractivity contribution in [3.8, 4) is 17.1 Å². The first-order chi connectivity index (χ1) is 19.4. The summed E-state index contributed by atoms with van der Waals surface area (Å²) in [6, 6.07) is 11.0. The number of ether oxygens (including phenoxy) is 1. The number of piperazine rings is 1. The maximum Gasteiger partial charge on any atom is 0.220 e. The molecule has 41 heavy (non-hydrogen) atoms. The van der Waals surface area contributed by atoms with E-state index in [0.29, 0.717) is 32.5 Å². The fraction of sp³-hybridized carbons (Fsp3) is 0.576. The number of amides is 1. The van der Waals surface area contributed by atoms with Crippen LogP contribution >= 0.6 is 0 Å². The number of nitrogens with two attached hydrogens (primary N) is 1. The molecule has 224 valence electrons. The first kappa shape index (κ1) is 30.8. The molecule has 1 aliphatic rings. The van der Waals surface area contributed by atoms with Crippen LogP contribution < -0.4 is 20.7 Å². The summed E-state index contributed by atoms with van der Waals surface area (Å²) in [6.07, 6.45) is 1.89. The number of fused-ring (bicyclic) bond motifs is 1. The van der Waals surface area contributed by atoms with Gasteiger partial charge in [0.25, 0.3) is 0 Å². The van der Waals surface area contributed by atoms with Crippen LogP contribution in [0.5, 0.6) is 5.75 Å². The quantitative estimate of drug-likeness (QED) is 0.294. The first-order valence-electron chi connectivity index (χ1n) is 15.1. The lowest BCUT2D eigenvalue weighted by Gasteiger charge is -2.34. The van der Waals surface area contributed by atoms with Gasteiger partial charge in [-0.2, -0.15) is 0 Å². The van der Waals surface area contributed by atoms with Crippen molar-refractivity contribution < 1.29 is 9.53 Å². The predicted octanol–water partition coefficient (Wildman–Crippen LogP) is 5.20. The van der Waals surface area contributed by atoms with Crippen molar-refractivity contribution in [3.05, 3.63) is 41.5 Å². The molecular formula is C33H50N6O2. The number of hydrogen-bond acceptors (Lipinski definition) is 6. The van der Waals surface area contributed by atoms with Crippen molar-refractivity contribution in [2.24, 2.45) is 5.73 Å². The molecule has 2 heterocycles. The number of aromatic nitrogens is 2. The number of carbonyl (C=O) groups is 1. The van der Waals surface area contributed by atoms with Gasteiger partial charge in [0.15, 0.2) is 0 Å².